The van der Waals surface area contributed by atoms with Crippen LogP contribution in [-0.4, -0.2) is 23.3 Å². The summed E-state index contributed by atoms with van der Waals surface area (Å²) >= 11 is 0. The van der Waals surface area contributed by atoms with Crippen LogP contribution in [0.4, 0.5) is 4.39 Å². The number of rotatable bonds is 2. The Morgan fingerprint density at radius 2 is 1.88 bits per heavy atom. The van der Waals surface area contributed by atoms with Gasteiger partial charge in [0.2, 0.25) is 5.95 Å². The maximum Gasteiger partial charge on any atom is 0.267 e. The van der Waals surface area contributed by atoms with Crippen LogP contribution in [0.1, 0.15) is 0 Å². The zero-order valence-corrected chi connectivity index (χ0v) is 9.78. The molecule has 0 aliphatic carbocycles. The summed E-state index contributed by atoms with van der Waals surface area (Å²) in [6.07, 6.45) is 0.824. The van der Waals surface area contributed by atoms with Crippen LogP contribution in [0.25, 0.3) is 5.69 Å². The smallest absolute Gasteiger partial charge is 0.267 e. The molecule has 0 saturated heterocycles. The van der Waals surface area contributed by atoms with Crippen molar-refractivity contribution in [3.8, 4) is 11.4 Å². The van der Waals surface area contributed by atoms with E-state index in [0.717, 1.165) is 10.9 Å². The Labute approximate surface area is 100 Å². The minimum absolute atomic E-state index is 0.00602. The molecule has 5 nitrogen and oxygen atoms in total. The molecule has 0 aliphatic heterocycles. The quantitative estimate of drug-likeness (QED) is 0.847. The van der Waals surface area contributed by atoms with Gasteiger partial charge < -0.3 is 5.11 Å². The average molecular weight is 277 g/mol. The molecule has 0 saturated carbocycles. The number of hydrogen-bond donors (Lipinski definition) is 1. The second-order valence-electron chi connectivity index (χ2n) is 3.17. The van der Waals surface area contributed by atoms with Gasteiger partial charge in [-0.2, -0.15) is 9.49 Å². The van der Waals surface area contributed by atoms with E-state index in [2.05, 4.69) is 5.10 Å². The van der Waals surface area contributed by atoms with Gasteiger partial charge in [0.15, 0.2) is 4.90 Å². The number of phenols is 1. The second kappa shape index (κ2) is 4.01. The Morgan fingerprint density at radius 1 is 1.29 bits per heavy atom. The normalized spacial score (nSPS) is 11.6. The van der Waals surface area contributed by atoms with Crippen LogP contribution in [0.2, 0.25) is 0 Å². The third-order valence-electron chi connectivity index (χ3n) is 2.04. The van der Waals surface area contributed by atoms with Crippen molar-refractivity contribution in [2.24, 2.45) is 0 Å². The fourth-order valence-corrected chi connectivity index (χ4v) is 2.03. The molecule has 2 rings (SSSR count). The monoisotopic (exact) mass is 276 g/mol. The van der Waals surface area contributed by atoms with Crippen molar-refractivity contribution in [2.45, 2.75) is 4.90 Å². The summed E-state index contributed by atoms with van der Waals surface area (Å²) < 4.78 is 36.4. The lowest BCUT2D eigenvalue weighted by molar-refractivity contribution is 0.474. The summed E-state index contributed by atoms with van der Waals surface area (Å²) in [4.78, 5) is -0.688. The van der Waals surface area contributed by atoms with Gasteiger partial charge in [0.25, 0.3) is 9.05 Å². The Bertz CT molecular complexity index is 651. The topological polar surface area (TPSA) is 72.2 Å². The summed E-state index contributed by atoms with van der Waals surface area (Å²) in [5, 5.41) is 12.6. The van der Waals surface area contributed by atoms with Crippen molar-refractivity contribution in [3.05, 3.63) is 36.4 Å². The van der Waals surface area contributed by atoms with E-state index in [1.807, 2.05) is 0 Å². The molecular weight excluding hydrogens is 271 g/mol. The number of nitrogens with zero attached hydrogens (tertiary/aromatic N) is 2. The largest absolute Gasteiger partial charge is 0.508 e. The fraction of sp³-hybridized carbons (Fsp3) is 0. The number of halogens is 2. The summed E-state index contributed by atoms with van der Waals surface area (Å²) in [5.74, 6) is -1.07. The highest BCUT2D eigenvalue weighted by molar-refractivity contribution is 8.13. The van der Waals surface area contributed by atoms with E-state index in [4.69, 9.17) is 15.8 Å². The molecule has 0 radical (unpaired) electrons. The molecule has 0 atom stereocenters. The van der Waals surface area contributed by atoms with E-state index in [-0.39, 0.29) is 11.4 Å². The van der Waals surface area contributed by atoms with Crippen LogP contribution in [0.5, 0.6) is 5.75 Å². The molecule has 8 heteroatoms. The molecule has 1 aromatic heterocycles. The summed E-state index contributed by atoms with van der Waals surface area (Å²) in [6, 6.07) is 5.42. The van der Waals surface area contributed by atoms with E-state index in [0.29, 0.717) is 0 Å². The molecule has 1 heterocycles. The molecule has 0 aliphatic rings. The SMILES string of the molecule is O=S(=O)(Cl)c1cnn(-c2ccc(O)cc2)c1F. The molecule has 0 amide bonds. The predicted molar refractivity (Wildman–Crippen MR) is 58.2 cm³/mol. The molecule has 90 valence electrons. The zero-order valence-electron chi connectivity index (χ0n) is 8.21. The van der Waals surface area contributed by atoms with Gasteiger partial charge in [0.1, 0.15) is 5.75 Å². The molecule has 0 bridgehead atoms. The Balaban J connectivity index is 2.55. The minimum Gasteiger partial charge on any atom is -0.508 e. The molecule has 2 aromatic rings. The average Bonchev–Trinajstić information content (AvgIpc) is 2.61. The van der Waals surface area contributed by atoms with Crippen molar-refractivity contribution >= 4 is 19.7 Å². The first kappa shape index (κ1) is 11.9. The second-order valence-corrected chi connectivity index (χ2v) is 5.70. The van der Waals surface area contributed by atoms with Crippen LogP contribution in [0, 0.1) is 5.95 Å². The fourth-order valence-electron chi connectivity index (χ4n) is 1.26. The molecule has 17 heavy (non-hydrogen) atoms. The lowest BCUT2D eigenvalue weighted by Gasteiger charge is -2.01. The van der Waals surface area contributed by atoms with Gasteiger partial charge in [0, 0.05) is 10.7 Å². The first-order chi connectivity index (χ1) is 7.89. The van der Waals surface area contributed by atoms with Crippen LogP contribution in [0.15, 0.2) is 35.4 Å². The molecule has 0 spiro atoms. The first-order valence-corrected chi connectivity index (χ1v) is 6.68. The van der Waals surface area contributed by atoms with E-state index in [1.54, 1.807) is 0 Å². The Morgan fingerprint density at radius 3 is 2.35 bits per heavy atom. The molecule has 1 N–H and O–H groups in total. The van der Waals surface area contributed by atoms with Gasteiger partial charge in [-0.1, -0.05) is 0 Å². The van der Waals surface area contributed by atoms with Gasteiger partial charge >= 0.3 is 0 Å². The minimum atomic E-state index is -4.16. The molecular formula is C9H6ClFN2O3S. The number of phenolic OH excluding ortho intramolecular Hbond substituents is 1. The highest BCUT2D eigenvalue weighted by Gasteiger charge is 2.22. The molecule has 0 unspecified atom stereocenters. The Kier molecular flexibility index (Phi) is 2.80. The van der Waals surface area contributed by atoms with Crippen LogP contribution in [0.3, 0.4) is 0 Å². The van der Waals surface area contributed by atoms with Gasteiger partial charge in [-0.15, -0.1) is 0 Å². The number of hydrogen-bond acceptors (Lipinski definition) is 4. The highest BCUT2D eigenvalue weighted by atomic mass is 35.7. The van der Waals surface area contributed by atoms with Crippen molar-refractivity contribution < 1.29 is 17.9 Å². The Hall–Kier alpha value is -1.60. The number of aromatic hydroxyl groups is 1. The summed E-state index contributed by atoms with van der Waals surface area (Å²) in [6.45, 7) is 0. The number of aromatic nitrogens is 2. The van der Waals surface area contributed by atoms with E-state index in [1.165, 1.54) is 24.3 Å². The number of benzene rings is 1. The van der Waals surface area contributed by atoms with Gasteiger partial charge in [-0.05, 0) is 24.3 Å². The lowest BCUT2D eigenvalue weighted by Crippen LogP contribution is -2.01. The third kappa shape index (κ3) is 2.25. The third-order valence-corrected chi connectivity index (χ3v) is 3.33. The van der Waals surface area contributed by atoms with Crippen LogP contribution in [-0.2, 0) is 9.05 Å². The summed E-state index contributed by atoms with van der Waals surface area (Å²) in [5.41, 5.74) is 0.270. The first-order valence-electron chi connectivity index (χ1n) is 4.37. The van der Waals surface area contributed by atoms with Crippen molar-refractivity contribution in [1.29, 1.82) is 0 Å². The van der Waals surface area contributed by atoms with Gasteiger partial charge in [0.05, 0.1) is 11.9 Å². The lowest BCUT2D eigenvalue weighted by atomic mass is 10.3. The van der Waals surface area contributed by atoms with Crippen molar-refractivity contribution in [1.82, 2.24) is 9.78 Å². The maximum atomic E-state index is 13.7. The van der Waals surface area contributed by atoms with Crippen molar-refractivity contribution in [2.75, 3.05) is 0 Å². The van der Waals surface area contributed by atoms with Crippen LogP contribution < -0.4 is 0 Å². The van der Waals surface area contributed by atoms with E-state index < -0.39 is 19.9 Å². The predicted octanol–water partition coefficient (Wildman–Crippen LogP) is 1.64. The van der Waals surface area contributed by atoms with Crippen LogP contribution >= 0.6 is 10.7 Å². The van der Waals surface area contributed by atoms with Gasteiger partial charge in [-0.3, -0.25) is 0 Å². The standard InChI is InChI=1S/C9H6ClFN2O3S/c10-17(15,16)8-5-12-13(9(8)11)6-1-3-7(14)4-2-6/h1-5,14H. The van der Waals surface area contributed by atoms with Gasteiger partial charge in [-0.25, -0.2) is 13.1 Å². The van der Waals surface area contributed by atoms with Crippen molar-refractivity contribution in [3.63, 3.8) is 0 Å². The molecule has 0 fully saturated rings. The van der Waals surface area contributed by atoms with E-state index >= 15 is 0 Å². The zero-order chi connectivity index (χ0) is 12.6. The van der Waals surface area contributed by atoms with E-state index in [9.17, 15) is 12.8 Å². The maximum absolute atomic E-state index is 13.7. The summed E-state index contributed by atoms with van der Waals surface area (Å²) in [7, 11) is 0.864. The molecule has 1 aromatic carbocycles. The highest BCUT2D eigenvalue weighted by Crippen LogP contribution is 2.21.